The lowest BCUT2D eigenvalue weighted by atomic mass is 10.0. The topological polar surface area (TPSA) is 147 Å². The molecule has 0 spiro atoms. The van der Waals surface area contributed by atoms with Gasteiger partial charge in [0.15, 0.2) is 5.13 Å². The summed E-state index contributed by atoms with van der Waals surface area (Å²) in [6, 6.07) is 8.63. The number of nitrogens with two attached hydrogens (primary N) is 1. The van der Waals surface area contributed by atoms with E-state index in [9.17, 15) is 18.0 Å². The fraction of sp³-hybridized carbons (Fsp3) is 0.500. The second-order valence-corrected chi connectivity index (χ2v) is 10.6. The highest BCUT2D eigenvalue weighted by Crippen LogP contribution is 2.25. The maximum absolute atomic E-state index is 13.1. The van der Waals surface area contributed by atoms with Gasteiger partial charge in [0.05, 0.1) is 11.7 Å². The van der Waals surface area contributed by atoms with E-state index in [-0.39, 0.29) is 24.4 Å². The normalized spacial score (nSPS) is 17.8. The number of aromatic nitrogens is 1. The molecule has 186 valence electrons. The number of nitrogens with one attached hydrogen (secondary N) is 3. The Kier molecular flexibility index (Phi) is 9.54. The summed E-state index contributed by atoms with van der Waals surface area (Å²) in [6.07, 6.45) is 4.14. The molecule has 0 aliphatic carbocycles. The van der Waals surface area contributed by atoms with Crippen molar-refractivity contribution in [2.24, 2.45) is 5.14 Å². The van der Waals surface area contributed by atoms with Crippen LogP contribution >= 0.6 is 11.3 Å². The van der Waals surface area contributed by atoms with Gasteiger partial charge in [-0.2, -0.15) is 8.42 Å². The molecular formula is C22H32N6O4S2. The number of carbonyl (C=O) groups is 2. The van der Waals surface area contributed by atoms with Crippen LogP contribution in [0.1, 0.15) is 38.5 Å². The highest BCUT2D eigenvalue weighted by atomic mass is 32.2. The van der Waals surface area contributed by atoms with Gasteiger partial charge in [0, 0.05) is 17.5 Å². The van der Waals surface area contributed by atoms with Gasteiger partial charge in [-0.1, -0.05) is 36.8 Å². The average Bonchev–Trinajstić information content (AvgIpc) is 3.26. The van der Waals surface area contributed by atoms with Crippen molar-refractivity contribution in [3.63, 3.8) is 0 Å². The first kappa shape index (κ1) is 26.2. The molecule has 3 rings (SSSR count). The smallest absolute Gasteiger partial charge is 0.274 e. The monoisotopic (exact) mass is 508 g/mol. The summed E-state index contributed by atoms with van der Waals surface area (Å²) in [6.45, 7) is 1.01. The van der Waals surface area contributed by atoms with E-state index in [1.807, 2.05) is 47.7 Å². The zero-order valence-corrected chi connectivity index (χ0v) is 20.8. The first-order valence-electron chi connectivity index (χ1n) is 11.3. The molecule has 2 aromatic rings. The zero-order chi connectivity index (χ0) is 24.6. The number of likely N-dealkylation sites (N-methyl/N-ethyl adjacent to an activating group) is 1. The van der Waals surface area contributed by atoms with Crippen molar-refractivity contribution < 1.29 is 18.0 Å². The molecule has 2 amide bonds. The molecule has 1 aliphatic rings. The van der Waals surface area contributed by atoms with Gasteiger partial charge in [0.1, 0.15) is 6.04 Å². The molecule has 0 bridgehead atoms. The molecule has 2 atom stereocenters. The number of unbranched alkanes of at least 4 members (excludes halogenated alkanes) is 1. The van der Waals surface area contributed by atoms with Crippen LogP contribution in [-0.4, -0.2) is 62.3 Å². The van der Waals surface area contributed by atoms with Crippen LogP contribution in [0.2, 0.25) is 0 Å². The van der Waals surface area contributed by atoms with Crippen LogP contribution in [0, 0.1) is 0 Å². The first-order valence-corrected chi connectivity index (χ1v) is 13.8. The molecule has 1 aliphatic heterocycles. The van der Waals surface area contributed by atoms with Gasteiger partial charge in [-0.05, 0) is 45.7 Å². The first-order chi connectivity index (χ1) is 16.2. The number of nitrogens with zero attached hydrogens (tertiary/aromatic N) is 2. The summed E-state index contributed by atoms with van der Waals surface area (Å²) in [7, 11) is -1.84. The predicted molar refractivity (Wildman–Crippen MR) is 133 cm³/mol. The Morgan fingerprint density at radius 3 is 2.71 bits per heavy atom. The molecule has 0 saturated carbocycles. The quantitative estimate of drug-likeness (QED) is 0.340. The van der Waals surface area contributed by atoms with Gasteiger partial charge >= 0.3 is 0 Å². The number of rotatable bonds is 11. The van der Waals surface area contributed by atoms with Crippen molar-refractivity contribution in [1.82, 2.24) is 19.9 Å². The molecule has 1 fully saturated rings. The number of thiazole rings is 1. The Labute approximate surface area is 204 Å². The lowest BCUT2D eigenvalue weighted by Crippen LogP contribution is -2.53. The average molecular weight is 509 g/mol. The largest absolute Gasteiger partial charge is 0.343 e. The van der Waals surface area contributed by atoms with Gasteiger partial charge < -0.3 is 10.6 Å². The van der Waals surface area contributed by atoms with Crippen molar-refractivity contribution >= 4 is 38.5 Å². The summed E-state index contributed by atoms with van der Waals surface area (Å²) in [5.74, 6) is -0.519. The van der Waals surface area contributed by atoms with E-state index >= 15 is 0 Å². The number of piperidine rings is 1. The Hall–Kier alpha value is -2.38. The minimum absolute atomic E-state index is 0.166. The third-order valence-electron chi connectivity index (χ3n) is 5.73. The van der Waals surface area contributed by atoms with E-state index < -0.39 is 16.3 Å². The number of hydrogen-bond acceptors (Lipinski definition) is 7. The van der Waals surface area contributed by atoms with Crippen LogP contribution < -0.4 is 20.5 Å². The molecule has 0 radical (unpaired) electrons. The zero-order valence-electron chi connectivity index (χ0n) is 19.2. The number of hydrogen-bond donors (Lipinski definition) is 4. The number of anilines is 1. The molecule has 10 nitrogen and oxygen atoms in total. The highest BCUT2D eigenvalue weighted by molar-refractivity contribution is 7.87. The van der Waals surface area contributed by atoms with Gasteiger partial charge in [0.25, 0.3) is 10.2 Å². The molecule has 1 unspecified atom stereocenters. The molecular weight excluding hydrogens is 476 g/mol. The fourth-order valence-corrected chi connectivity index (χ4v) is 5.05. The number of benzene rings is 1. The third kappa shape index (κ3) is 8.13. The van der Waals surface area contributed by atoms with Crippen LogP contribution in [0.15, 0.2) is 35.7 Å². The highest BCUT2D eigenvalue weighted by Gasteiger charge is 2.29. The van der Waals surface area contributed by atoms with Crippen LogP contribution in [0.4, 0.5) is 5.13 Å². The van der Waals surface area contributed by atoms with Crippen molar-refractivity contribution in [2.45, 2.75) is 50.6 Å². The SMILES string of the molecule is CN1CCCCC1C(=O)N[C@@H](CCCCNS(N)(=O)=O)C(=O)Nc1nc(-c2ccccc2)cs1. The molecule has 34 heavy (non-hydrogen) atoms. The van der Waals surface area contributed by atoms with Crippen molar-refractivity contribution in [3.05, 3.63) is 35.7 Å². The van der Waals surface area contributed by atoms with E-state index in [1.165, 1.54) is 11.3 Å². The van der Waals surface area contributed by atoms with Crippen molar-refractivity contribution in [3.8, 4) is 11.3 Å². The van der Waals surface area contributed by atoms with E-state index in [2.05, 4.69) is 20.3 Å². The lowest BCUT2D eigenvalue weighted by molar-refractivity contribution is -0.131. The van der Waals surface area contributed by atoms with E-state index in [0.29, 0.717) is 24.4 Å². The lowest BCUT2D eigenvalue weighted by Gasteiger charge is -2.32. The van der Waals surface area contributed by atoms with Gasteiger partial charge in [0.2, 0.25) is 11.8 Å². The van der Waals surface area contributed by atoms with E-state index in [1.54, 1.807) is 0 Å². The summed E-state index contributed by atoms with van der Waals surface area (Å²) in [4.78, 5) is 32.5. The summed E-state index contributed by atoms with van der Waals surface area (Å²) >= 11 is 1.32. The maximum Gasteiger partial charge on any atom is 0.274 e. The Morgan fingerprint density at radius 2 is 2.00 bits per heavy atom. The van der Waals surface area contributed by atoms with Crippen molar-refractivity contribution in [2.75, 3.05) is 25.5 Å². The van der Waals surface area contributed by atoms with Gasteiger partial charge in [-0.3, -0.25) is 14.5 Å². The Balaban J connectivity index is 1.63. The summed E-state index contributed by atoms with van der Waals surface area (Å²) in [5.41, 5.74) is 1.71. The Morgan fingerprint density at radius 1 is 1.24 bits per heavy atom. The second-order valence-electron chi connectivity index (χ2n) is 8.38. The van der Waals surface area contributed by atoms with Crippen molar-refractivity contribution in [1.29, 1.82) is 0 Å². The standard InChI is InChI=1S/C22H32N6O4S2/c1-28-14-8-6-12-19(28)21(30)25-17(11-5-7-13-24-34(23,31)32)20(29)27-22-26-18(15-33-22)16-9-3-2-4-10-16/h2-4,9-10,15,17,19,24H,5-8,11-14H2,1H3,(H,25,30)(H2,23,31,32)(H,26,27,29)/t17-,19?/m0/s1. The number of likely N-dealkylation sites (tertiary alicyclic amines) is 1. The molecule has 1 saturated heterocycles. The van der Waals surface area contributed by atoms with Crippen LogP contribution in [0.3, 0.4) is 0 Å². The minimum atomic E-state index is -3.75. The van der Waals surface area contributed by atoms with Crippen LogP contribution in [-0.2, 0) is 19.8 Å². The fourth-order valence-electron chi connectivity index (χ4n) is 3.90. The van der Waals surface area contributed by atoms with E-state index in [4.69, 9.17) is 5.14 Å². The van der Waals surface area contributed by atoms with Gasteiger partial charge in [-0.15, -0.1) is 11.3 Å². The van der Waals surface area contributed by atoms with E-state index in [0.717, 1.165) is 37.1 Å². The van der Waals surface area contributed by atoms with Crippen LogP contribution in [0.5, 0.6) is 0 Å². The second kappa shape index (κ2) is 12.4. The number of carbonyl (C=O) groups excluding carboxylic acids is 2. The molecule has 1 aromatic heterocycles. The minimum Gasteiger partial charge on any atom is -0.343 e. The summed E-state index contributed by atoms with van der Waals surface area (Å²) in [5, 5.41) is 13.0. The predicted octanol–water partition coefficient (Wildman–Crippen LogP) is 1.68. The third-order valence-corrected chi connectivity index (χ3v) is 7.10. The maximum atomic E-state index is 13.1. The van der Waals surface area contributed by atoms with Gasteiger partial charge in [-0.25, -0.2) is 14.8 Å². The molecule has 12 heteroatoms. The van der Waals surface area contributed by atoms with Crippen LogP contribution in [0.25, 0.3) is 11.3 Å². The Bertz CT molecular complexity index is 1060. The molecule has 5 N–H and O–H groups in total. The number of amides is 2. The molecule has 2 heterocycles. The summed E-state index contributed by atoms with van der Waals surface area (Å²) < 4.78 is 24.3. The molecule has 1 aromatic carbocycles.